The molecule has 212 valence electrons. The van der Waals surface area contributed by atoms with Gasteiger partial charge in [-0.05, 0) is 61.0 Å². The maximum Gasteiger partial charge on any atom is 0.417 e. The topological polar surface area (TPSA) is 186 Å². The number of alkyl halides is 3. The minimum absolute atomic E-state index is 0.00231. The van der Waals surface area contributed by atoms with Gasteiger partial charge < -0.3 is 15.3 Å². The Hall–Kier alpha value is -5.93. The molecule has 0 aliphatic carbocycles. The van der Waals surface area contributed by atoms with Crippen molar-refractivity contribution in [2.75, 3.05) is 0 Å². The van der Waals surface area contributed by atoms with Crippen LogP contribution in [0.5, 0.6) is 0 Å². The first-order valence-electron chi connectivity index (χ1n) is 11.7. The number of halogens is 3. The van der Waals surface area contributed by atoms with Crippen LogP contribution in [0.3, 0.4) is 0 Å². The van der Waals surface area contributed by atoms with Gasteiger partial charge in [-0.1, -0.05) is 10.4 Å². The third-order valence-corrected chi connectivity index (χ3v) is 6.09. The van der Waals surface area contributed by atoms with Gasteiger partial charge in [-0.15, -0.1) is 10.2 Å². The summed E-state index contributed by atoms with van der Waals surface area (Å²) in [6.07, 6.45) is -2.29. The zero-order valence-corrected chi connectivity index (χ0v) is 21.1. The van der Waals surface area contributed by atoms with Gasteiger partial charge in [-0.2, -0.15) is 13.2 Å². The van der Waals surface area contributed by atoms with E-state index in [0.29, 0.717) is 17.3 Å². The number of carboxylic acids is 3. The molecule has 0 amide bonds. The van der Waals surface area contributed by atoms with E-state index in [1.807, 2.05) is 0 Å². The average molecular weight is 579 g/mol. The molecule has 0 fully saturated rings. The van der Waals surface area contributed by atoms with E-state index >= 15 is 0 Å². The lowest BCUT2D eigenvalue weighted by atomic mass is 10.1. The van der Waals surface area contributed by atoms with E-state index in [2.05, 4.69) is 25.6 Å². The number of pyridine rings is 1. The van der Waals surface area contributed by atoms with Crippen molar-refractivity contribution in [3.8, 4) is 34.2 Å². The van der Waals surface area contributed by atoms with E-state index in [9.17, 15) is 37.8 Å². The molecule has 42 heavy (non-hydrogen) atoms. The van der Waals surface area contributed by atoms with E-state index < -0.39 is 35.2 Å². The van der Waals surface area contributed by atoms with Crippen molar-refractivity contribution < 1.29 is 42.9 Å². The molecule has 0 aliphatic heterocycles. The van der Waals surface area contributed by atoms with Gasteiger partial charge in [0, 0.05) is 0 Å². The van der Waals surface area contributed by atoms with Gasteiger partial charge in [0.05, 0.1) is 57.4 Å². The van der Waals surface area contributed by atoms with Gasteiger partial charge in [-0.3, -0.25) is 0 Å². The Bertz CT molecular complexity index is 1900. The number of carbonyl (C=O) groups is 3. The van der Waals surface area contributed by atoms with E-state index in [1.165, 1.54) is 41.3 Å². The van der Waals surface area contributed by atoms with Crippen molar-refractivity contribution in [2.45, 2.75) is 13.1 Å². The van der Waals surface area contributed by atoms with Crippen molar-refractivity contribution in [3.05, 3.63) is 88.7 Å². The minimum atomic E-state index is -4.95. The number of benzene rings is 2. The molecule has 5 rings (SSSR count). The quantitative estimate of drug-likeness (QED) is 0.253. The minimum Gasteiger partial charge on any atom is -0.478 e. The maximum atomic E-state index is 13.5. The highest BCUT2D eigenvalue weighted by molar-refractivity contribution is 5.91. The third kappa shape index (κ3) is 5.27. The monoisotopic (exact) mass is 579 g/mol. The molecule has 3 heterocycles. The lowest BCUT2D eigenvalue weighted by molar-refractivity contribution is -0.138. The number of hydrogen-bond acceptors (Lipinski definition) is 8. The van der Waals surface area contributed by atoms with Crippen molar-refractivity contribution in [1.82, 2.24) is 35.0 Å². The van der Waals surface area contributed by atoms with Gasteiger partial charge in [-0.25, -0.2) is 28.7 Å². The van der Waals surface area contributed by atoms with E-state index in [-0.39, 0.29) is 39.6 Å². The summed E-state index contributed by atoms with van der Waals surface area (Å²) in [4.78, 5) is 38.8. The summed E-state index contributed by atoms with van der Waals surface area (Å²) >= 11 is 0. The Labute approximate surface area is 232 Å². The molecule has 5 aromatic rings. The molecule has 0 saturated heterocycles. The zero-order valence-electron chi connectivity index (χ0n) is 21.1. The molecule has 3 N–H and O–H groups in total. The van der Waals surface area contributed by atoms with Crippen LogP contribution in [0.2, 0.25) is 0 Å². The van der Waals surface area contributed by atoms with Gasteiger partial charge in [0.1, 0.15) is 11.4 Å². The normalized spacial score (nSPS) is 11.4. The van der Waals surface area contributed by atoms with Crippen LogP contribution < -0.4 is 0 Å². The van der Waals surface area contributed by atoms with Crippen LogP contribution in [0.4, 0.5) is 13.2 Å². The van der Waals surface area contributed by atoms with Gasteiger partial charge in [0.15, 0.2) is 0 Å². The Kier molecular flexibility index (Phi) is 6.73. The Morgan fingerprint density at radius 1 is 0.690 bits per heavy atom. The van der Waals surface area contributed by atoms with E-state index in [1.54, 1.807) is 13.0 Å². The largest absolute Gasteiger partial charge is 0.478 e. The highest BCUT2D eigenvalue weighted by atomic mass is 19.4. The number of aromatic carboxylic acids is 3. The lowest BCUT2D eigenvalue weighted by Gasteiger charge is -2.11. The van der Waals surface area contributed by atoms with E-state index in [4.69, 9.17) is 5.11 Å². The fraction of sp³-hybridized carbons (Fsp3) is 0.0769. The number of aryl methyl sites for hydroxylation is 1. The van der Waals surface area contributed by atoms with Gasteiger partial charge in [0.25, 0.3) is 0 Å². The Morgan fingerprint density at radius 2 is 1.19 bits per heavy atom. The summed E-state index contributed by atoms with van der Waals surface area (Å²) in [5.74, 6) is -4.14. The first kappa shape index (κ1) is 27.6. The number of hydrogen-bond donors (Lipinski definition) is 3. The second-order valence-electron chi connectivity index (χ2n) is 8.87. The van der Waals surface area contributed by atoms with Crippen molar-refractivity contribution in [2.24, 2.45) is 0 Å². The summed E-state index contributed by atoms with van der Waals surface area (Å²) in [5.41, 5.74) is -1.34. The number of carboxylic acid groups (broad SMARTS) is 3. The van der Waals surface area contributed by atoms with Crippen LogP contribution in [-0.4, -0.2) is 68.2 Å². The molecule has 0 bridgehead atoms. The third-order valence-electron chi connectivity index (χ3n) is 6.09. The maximum absolute atomic E-state index is 13.5. The molecular weight excluding hydrogens is 563 g/mol. The summed E-state index contributed by atoms with van der Waals surface area (Å²) in [5, 5.41) is 43.8. The standard InChI is InChI=1S/C26H16F3N7O6/c1-12-6-14(2-4-16(12)24(39)40)35-10-21(31-33-35)19-7-13(23(37)38)8-20(30-19)22-11-36(34-32-22)15-3-5-17(25(41)42)18(9-15)26(27,28)29/h2-11H,1H3,(H,37,38)(H,39,40)(H,41,42). The van der Waals surface area contributed by atoms with Crippen LogP contribution in [-0.2, 0) is 6.18 Å². The Balaban J connectivity index is 1.52. The predicted molar refractivity (Wildman–Crippen MR) is 136 cm³/mol. The average Bonchev–Trinajstić information content (AvgIpc) is 3.62. The zero-order chi connectivity index (χ0) is 30.3. The number of nitrogens with zero attached hydrogens (tertiary/aromatic N) is 7. The van der Waals surface area contributed by atoms with Gasteiger partial charge in [0.2, 0.25) is 0 Å². The van der Waals surface area contributed by atoms with Crippen LogP contribution in [0, 0.1) is 6.92 Å². The summed E-state index contributed by atoms with van der Waals surface area (Å²) < 4.78 is 42.7. The Morgan fingerprint density at radius 3 is 1.64 bits per heavy atom. The molecule has 16 heteroatoms. The SMILES string of the molecule is Cc1cc(-n2cc(-c3cc(C(=O)O)cc(-c4cn(-c5ccc(C(=O)O)c(C(F)(F)F)c5)nn4)n3)nn2)ccc1C(=O)O. The number of aromatic nitrogens is 7. The van der Waals surface area contributed by atoms with Gasteiger partial charge >= 0.3 is 24.1 Å². The first-order chi connectivity index (χ1) is 19.8. The van der Waals surface area contributed by atoms with Crippen molar-refractivity contribution in [1.29, 1.82) is 0 Å². The number of rotatable bonds is 7. The summed E-state index contributed by atoms with van der Waals surface area (Å²) in [6, 6.07) is 9.46. The molecule has 3 aromatic heterocycles. The molecular formula is C26H16F3N7O6. The van der Waals surface area contributed by atoms with Crippen LogP contribution in [0.25, 0.3) is 34.2 Å². The summed E-state index contributed by atoms with van der Waals surface area (Å²) in [7, 11) is 0. The molecule has 0 atom stereocenters. The second-order valence-corrected chi connectivity index (χ2v) is 8.87. The molecule has 13 nitrogen and oxygen atoms in total. The smallest absolute Gasteiger partial charge is 0.417 e. The molecule has 2 aromatic carbocycles. The molecule has 0 saturated carbocycles. The predicted octanol–water partition coefficient (Wildman–Crippen LogP) is 4.00. The summed E-state index contributed by atoms with van der Waals surface area (Å²) in [6.45, 7) is 1.62. The van der Waals surface area contributed by atoms with E-state index in [0.717, 1.165) is 16.8 Å². The lowest BCUT2D eigenvalue weighted by Crippen LogP contribution is -2.14. The first-order valence-corrected chi connectivity index (χ1v) is 11.7. The molecule has 0 radical (unpaired) electrons. The molecule has 0 spiro atoms. The molecule has 0 unspecified atom stereocenters. The van der Waals surface area contributed by atoms with Crippen LogP contribution in [0.1, 0.15) is 42.2 Å². The highest BCUT2D eigenvalue weighted by Crippen LogP contribution is 2.34. The van der Waals surface area contributed by atoms with Crippen molar-refractivity contribution in [3.63, 3.8) is 0 Å². The second kappa shape index (κ2) is 10.2. The van der Waals surface area contributed by atoms with Crippen molar-refractivity contribution >= 4 is 17.9 Å². The highest BCUT2D eigenvalue weighted by Gasteiger charge is 2.36. The fourth-order valence-corrected chi connectivity index (χ4v) is 4.06. The molecule has 0 aliphatic rings. The van der Waals surface area contributed by atoms with Crippen LogP contribution >= 0.6 is 0 Å². The fourth-order valence-electron chi connectivity index (χ4n) is 4.06. The van der Waals surface area contributed by atoms with Crippen LogP contribution in [0.15, 0.2) is 60.9 Å².